The van der Waals surface area contributed by atoms with Crippen LogP contribution in [0.15, 0.2) is 6.20 Å². The highest BCUT2D eigenvalue weighted by molar-refractivity contribution is 7.05. The number of aliphatic hydroxyl groups is 1. The van der Waals surface area contributed by atoms with Gasteiger partial charge in [-0.2, -0.15) is 0 Å². The molecule has 0 aliphatic rings. The predicted octanol–water partition coefficient (Wildman–Crippen LogP) is 0.0101. The van der Waals surface area contributed by atoms with Gasteiger partial charge in [-0.1, -0.05) is 4.49 Å². The first-order valence-corrected chi connectivity index (χ1v) is 4.28. The van der Waals surface area contributed by atoms with Crippen molar-refractivity contribution < 1.29 is 5.11 Å². The quantitative estimate of drug-likeness (QED) is 0.616. The van der Waals surface area contributed by atoms with Crippen molar-refractivity contribution in [3.63, 3.8) is 0 Å². The second-order valence-corrected chi connectivity index (χ2v) is 3.01. The Morgan fingerprint density at radius 1 is 1.64 bits per heavy atom. The Bertz CT molecular complexity index is 178. The predicted molar refractivity (Wildman–Crippen MR) is 43.3 cm³/mol. The van der Waals surface area contributed by atoms with Crippen molar-refractivity contribution in [2.24, 2.45) is 0 Å². The van der Waals surface area contributed by atoms with Crippen LogP contribution in [0, 0.1) is 0 Å². The molecule has 1 rings (SSSR count). The van der Waals surface area contributed by atoms with Gasteiger partial charge in [0.25, 0.3) is 0 Å². The minimum absolute atomic E-state index is 0.244. The van der Waals surface area contributed by atoms with Crippen molar-refractivity contribution in [2.75, 3.05) is 13.2 Å². The van der Waals surface area contributed by atoms with Crippen LogP contribution in [0.3, 0.4) is 0 Å². The smallest absolute Gasteiger partial charge is 0.0666 e. The Morgan fingerprint density at radius 2 is 2.55 bits per heavy atom. The molecular formula is C6H11N3OS. The molecule has 0 spiro atoms. The fourth-order valence-corrected chi connectivity index (χ4v) is 1.14. The lowest BCUT2D eigenvalue weighted by Gasteiger charge is -1.98. The average molecular weight is 173 g/mol. The van der Waals surface area contributed by atoms with Crippen LogP contribution in [0.1, 0.15) is 11.3 Å². The van der Waals surface area contributed by atoms with Gasteiger partial charge in [0.1, 0.15) is 0 Å². The number of hydrogen-bond donors (Lipinski definition) is 2. The molecule has 0 saturated heterocycles. The summed E-state index contributed by atoms with van der Waals surface area (Å²) in [5.41, 5.74) is 0. The molecule has 11 heavy (non-hydrogen) atoms. The Labute approximate surface area is 69.4 Å². The van der Waals surface area contributed by atoms with Gasteiger partial charge in [-0.25, -0.2) is 0 Å². The van der Waals surface area contributed by atoms with Crippen LogP contribution < -0.4 is 5.32 Å². The zero-order valence-corrected chi connectivity index (χ0v) is 6.97. The van der Waals surface area contributed by atoms with E-state index in [1.54, 1.807) is 6.20 Å². The third-order valence-corrected chi connectivity index (χ3v) is 1.88. The van der Waals surface area contributed by atoms with Gasteiger partial charge >= 0.3 is 0 Å². The molecule has 0 saturated carbocycles. The van der Waals surface area contributed by atoms with Crippen LogP contribution in [-0.4, -0.2) is 27.8 Å². The summed E-state index contributed by atoms with van der Waals surface area (Å²) in [6.45, 7) is 1.89. The lowest BCUT2D eigenvalue weighted by molar-refractivity contribution is 0.286. The van der Waals surface area contributed by atoms with E-state index in [4.69, 9.17) is 5.11 Å². The van der Waals surface area contributed by atoms with Crippen molar-refractivity contribution in [3.8, 4) is 0 Å². The summed E-state index contributed by atoms with van der Waals surface area (Å²) in [5.74, 6) is 0. The summed E-state index contributed by atoms with van der Waals surface area (Å²) in [6.07, 6.45) is 2.54. The van der Waals surface area contributed by atoms with Crippen LogP contribution in [-0.2, 0) is 6.54 Å². The molecule has 4 nitrogen and oxygen atoms in total. The van der Waals surface area contributed by atoms with E-state index in [0.717, 1.165) is 24.4 Å². The largest absolute Gasteiger partial charge is 0.396 e. The second-order valence-electron chi connectivity index (χ2n) is 2.14. The fourth-order valence-electron chi connectivity index (χ4n) is 0.681. The number of hydrogen-bond acceptors (Lipinski definition) is 5. The van der Waals surface area contributed by atoms with Crippen molar-refractivity contribution in [3.05, 3.63) is 11.1 Å². The van der Waals surface area contributed by atoms with Crippen molar-refractivity contribution in [1.82, 2.24) is 14.9 Å². The maximum Gasteiger partial charge on any atom is 0.0666 e. The standard InChI is InChI=1S/C6H11N3OS/c10-3-1-2-7-4-6-5-8-9-11-6/h5,7,10H,1-4H2. The van der Waals surface area contributed by atoms with E-state index >= 15 is 0 Å². The average Bonchev–Trinajstić information content (AvgIpc) is 2.50. The molecule has 62 valence electrons. The molecule has 0 aliphatic heterocycles. The third kappa shape index (κ3) is 3.41. The van der Waals surface area contributed by atoms with Gasteiger partial charge < -0.3 is 10.4 Å². The van der Waals surface area contributed by atoms with E-state index in [1.807, 2.05) is 0 Å². The van der Waals surface area contributed by atoms with Crippen LogP contribution in [0.5, 0.6) is 0 Å². The van der Waals surface area contributed by atoms with Gasteiger partial charge in [-0.15, -0.1) is 5.10 Å². The first-order valence-electron chi connectivity index (χ1n) is 3.51. The van der Waals surface area contributed by atoms with E-state index in [1.165, 1.54) is 11.5 Å². The molecule has 0 radical (unpaired) electrons. The fraction of sp³-hybridized carbons (Fsp3) is 0.667. The Balaban J connectivity index is 2.04. The van der Waals surface area contributed by atoms with E-state index in [-0.39, 0.29) is 6.61 Å². The first kappa shape index (κ1) is 8.58. The van der Waals surface area contributed by atoms with Crippen LogP contribution in [0.4, 0.5) is 0 Å². The Kier molecular flexibility index (Phi) is 4.03. The Hall–Kier alpha value is -0.520. The van der Waals surface area contributed by atoms with Crippen LogP contribution in [0.25, 0.3) is 0 Å². The summed E-state index contributed by atoms with van der Waals surface area (Å²) in [6, 6.07) is 0. The van der Waals surface area contributed by atoms with Gasteiger partial charge in [0, 0.05) is 13.2 Å². The van der Waals surface area contributed by atoms with Crippen molar-refractivity contribution in [2.45, 2.75) is 13.0 Å². The van der Waals surface area contributed by atoms with Crippen LogP contribution >= 0.6 is 11.5 Å². The van der Waals surface area contributed by atoms with Gasteiger partial charge in [0.2, 0.25) is 0 Å². The molecule has 5 heteroatoms. The molecule has 2 N–H and O–H groups in total. The van der Waals surface area contributed by atoms with Gasteiger partial charge in [0.15, 0.2) is 0 Å². The van der Waals surface area contributed by atoms with Crippen molar-refractivity contribution >= 4 is 11.5 Å². The zero-order valence-electron chi connectivity index (χ0n) is 6.16. The van der Waals surface area contributed by atoms with Gasteiger partial charge in [-0.3, -0.25) is 0 Å². The Morgan fingerprint density at radius 3 is 3.18 bits per heavy atom. The molecule has 0 atom stereocenters. The maximum atomic E-state index is 8.46. The molecule has 0 aromatic carbocycles. The second kappa shape index (κ2) is 5.17. The van der Waals surface area contributed by atoms with Gasteiger partial charge in [0.05, 0.1) is 11.1 Å². The van der Waals surface area contributed by atoms with Crippen LogP contribution in [0.2, 0.25) is 0 Å². The highest BCUT2D eigenvalue weighted by Gasteiger charge is 1.93. The van der Waals surface area contributed by atoms with E-state index in [2.05, 4.69) is 14.9 Å². The SMILES string of the molecule is OCCCNCc1cnns1. The van der Waals surface area contributed by atoms with E-state index in [9.17, 15) is 0 Å². The molecular weight excluding hydrogens is 162 g/mol. The number of nitrogens with one attached hydrogen (secondary N) is 1. The summed E-state index contributed by atoms with van der Waals surface area (Å²) in [5, 5.41) is 15.3. The molecule has 0 bridgehead atoms. The van der Waals surface area contributed by atoms with E-state index < -0.39 is 0 Å². The summed E-state index contributed by atoms with van der Waals surface area (Å²) in [7, 11) is 0. The zero-order chi connectivity index (χ0) is 7.94. The minimum atomic E-state index is 0.244. The summed E-state index contributed by atoms with van der Waals surface area (Å²) >= 11 is 1.39. The topological polar surface area (TPSA) is 58.0 Å². The number of aliphatic hydroxyl groups excluding tert-OH is 1. The minimum Gasteiger partial charge on any atom is -0.396 e. The monoisotopic (exact) mass is 173 g/mol. The number of rotatable bonds is 5. The molecule has 0 aliphatic carbocycles. The van der Waals surface area contributed by atoms with Crippen molar-refractivity contribution in [1.29, 1.82) is 0 Å². The van der Waals surface area contributed by atoms with E-state index in [0.29, 0.717) is 0 Å². The lowest BCUT2D eigenvalue weighted by Crippen LogP contribution is -2.14. The number of nitrogens with zero attached hydrogens (tertiary/aromatic N) is 2. The molecule has 1 heterocycles. The number of aromatic nitrogens is 2. The molecule has 0 amide bonds. The first-order chi connectivity index (χ1) is 5.43. The highest BCUT2D eigenvalue weighted by Crippen LogP contribution is 1.99. The summed E-state index contributed by atoms with van der Waals surface area (Å²) in [4.78, 5) is 1.13. The third-order valence-electron chi connectivity index (χ3n) is 1.22. The molecule has 0 unspecified atom stereocenters. The lowest BCUT2D eigenvalue weighted by atomic mass is 10.4. The molecule has 0 fully saturated rings. The maximum absolute atomic E-state index is 8.46. The highest BCUT2D eigenvalue weighted by atomic mass is 32.1. The normalized spacial score (nSPS) is 10.3. The van der Waals surface area contributed by atoms with Gasteiger partial charge in [-0.05, 0) is 24.5 Å². The summed E-state index contributed by atoms with van der Waals surface area (Å²) < 4.78 is 3.72. The molecule has 1 aromatic heterocycles. The molecule has 1 aromatic rings.